The molecular weight excluding hydrogens is 132 g/mol. The van der Waals surface area contributed by atoms with Gasteiger partial charge in [0.05, 0.1) is 0 Å². The van der Waals surface area contributed by atoms with Crippen molar-refractivity contribution in [2.24, 2.45) is 5.73 Å². The zero-order valence-corrected chi connectivity index (χ0v) is 5.92. The molecule has 0 radical (unpaired) electrons. The van der Waals surface area contributed by atoms with Crippen LogP contribution < -0.4 is 11.1 Å². The van der Waals surface area contributed by atoms with Crippen molar-refractivity contribution in [3.63, 3.8) is 0 Å². The van der Waals surface area contributed by atoms with E-state index in [1.807, 2.05) is 6.92 Å². The second kappa shape index (κ2) is 2.21. The second-order valence-corrected chi connectivity index (χ2v) is 3.13. The number of nitrogens with two attached hydrogens (primary N) is 1. The third-order valence-electron chi connectivity index (χ3n) is 1.72. The van der Waals surface area contributed by atoms with Crippen LogP contribution in [0.5, 0.6) is 0 Å². The van der Waals surface area contributed by atoms with Crippen LogP contribution in [0.4, 0.5) is 0 Å². The number of rotatable bonds is 1. The summed E-state index contributed by atoms with van der Waals surface area (Å²) in [6.07, 6.45) is 0.516. The van der Waals surface area contributed by atoms with Crippen LogP contribution in [0, 0.1) is 0 Å². The van der Waals surface area contributed by atoms with Gasteiger partial charge < -0.3 is 16.2 Å². The first-order valence-electron chi connectivity index (χ1n) is 3.26. The quantitative estimate of drug-likeness (QED) is 0.448. The van der Waals surface area contributed by atoms with Crippen LogP contribution in [0.25, 0.3) is 0 Å². The van der Waals surface area contributed by atoms with Gasteiger partial charge in [0.15, 0.2) is 0 Å². The van der Waals surface area contributed by atoms with E-state index >= 15 is 0 Å². The first-order valence-corrected chi connectivity index (χ1v) is 3.26. The topological polar surface area (TPSA) is 75.3 Å². The highest BCUT2D eigenvalue weighted by Crippen LogP contribution is 2.14. The zero-order chi connectivity index (χ0) is 7.78. The maximum Gasteiger partial charge on any atom is 0.320 e. The second-order valence-electron chi connectivity index (χ2n) is 3.13. The summed E-state index contributed by atoms with van der Waals surface area (Å²) in [6, 6.07) is -0.449. The molecule has 1 rings (SSSR count). The Morgan fingerprint density at radius 3 is 2.70 bits per heavy atom. The van der Waals surface area contributed by atoms with E-state index in [1.54, 1.807) is 0 Å². The molecular formula is C6H12N2O2. The molecule has 1 unspecified atom stereocenters. The summed E-state index contributed by atoms with van der Waals surface area (Å²) in [5, 5.41) is 11.3. The van der Waals surface area contributed by atoms with E-state index < -0.39 is 12.0 Å². The van der Waals surface area contributed by atoms with Gasteiger partial charge in [-0.3, -0.25) is 4.79 Å². The highest BCUT2D eigenvalue weighted by Gasteiger charge is 2.34. The van der Waals surface area contributed by atoms with Crippen LogP contribution in [0.15, 0.2) is 0 Å². The minimum Gasteiger partial charge on any atom is -0.480 e. The molecule has 1 aliphatic heterocycles. The summed E-state index contributed by atoms with van der Waals surface area (Å²) in [4.78, 5) is 10.4. The SMILES string of the molecule is C[C@]1(N)CNC(C(=O)O)C1. The molecule has 4 heteroatoms. The third kappa shape index (κ3) is 1.46. The van der Waals surface area contributed by atoms with Crippen LogP contribution in [0.3, 0.4) is 0 Å². The van der Waals surface area contributed by atoms with E-state index in [0.29, 0.717) is 13.0 Å². The molecule has 0 bridgehead atoms. The smallest absolute Gasteiger partial charge is 0.320 e. The number of carbonyl (C=O) groups is 1. The van der Waals surface area contributed by atoms with Gasteiger partial charge >= 0.3 is 5.97 Å². The Bertz CT molecular complexity index is 156. The molecule has 10 heavy (non-hydrogen) atoms. The lowest BCUT2D eigenvalue weighted by Crippen LogP contribution is -2.37. The standard InChI is InChI=1S/C6H12N2O2/c1-6(7)2-4(5(9)10)8-3-6/h4,8H,2-3,7H2,1H3,(H,9,10)/t4?,6-/m1/s1. The molecule has 0 spiro atoms. The maximum atomic E-state index is 10.4. The van der Waals surface area contributed by atoms with Crippen molar-refractivity contribution >= 4 is 5.97 Å². The van der Waals surface area contributed by atoms with Crippen LogP contribution in [-0.2, 0) is 4.79 Å². The molecule has 2 atom stereocenters. The van der Waals surface area contributed by atoms with E-state index in [-0.39, 0.29) is 5.54 Å². The molecule has 0 amide bonds. The fourth-order valence-electron chi connectivity index (χ4n) is 1.14. The fourth-order valence-corrected chi connectivity index (χ4v) is 1.14. The highest BCUT2D eigenvalue weighted by atomic mass is 16.4. The Morgan fingerprint density at radius 2 is 2.50 bits per heavy atom. The summed E-state index contributed by atoms with van der Waals surface area (Å²) >= 11 is 0. The van der Waals surface area contributed by atoms with E-state index in [4.69, 9.17) is 10.8 Å². The van der Waals surface area contributed by atoms with Crippen LogP contribution in [0.1, 0.15) is 13.3 Å². The van der Waals surface area contributed by atoms with E-state index in [2.05, 4.69) is 5.32 Å². The number of hydrogen-bond acceptors (Lipinski definition) is 3. The Morgan fingerprint density at radius 1 is 1.90 bits per heavy atom. The average Bonchev–Trinajstić information content (AvgIpc) is 2.10. The predicted octanol–water partition coefficient (Wildman–Crippen LogP) is -0.850. The van der Waals surface area contributed by atoms with E-state index in [9.17, 15) is 4.79 Å². The van der Waals surface area contributed by atoms with Gasteiger partial charge in [0, 0.05) is 12.1 Å². The molecule has 4 nitrogen and oxygen atoms in total. The number of hydrogen-bond donors (Lipinski definition) is 3. The normalized spacial score (nSPS) is 40.0. The van der Waals surface area contributed by atoms with Crippen LogP contribution in [0.2, 0.25) is 0 Å². The number of carboxylic acid groups (broad SMARTS) is 1. The van der Waals surface area contributed by atoms with E-state index in [0.717, 1.165) is 0 Å². The average molecular weight is 144 g/mol. The van der Waals surface area contributed by atoms with Crippen molar-refractivity contribution in [1.29, 1.82) is 0 Å². The van der Waals surface area contributed by atoms with Gasteiger partial charge in [-0.15, -0.1) is 0 Å². The van der Waals surface area contributed by atoms with Crippen molar-refractivity contribution in [3.8, 4) is 0 Å². The van der Waals surface area contributed by atoms with Crippen molar-refractivity contribution in [3.05, 3.63) is 0 Å². The van der Waals surface area contributed by atoms with Crippen LogP contribution >= 0.6 is 0 Å². The molecule has 58 valence electrons. The van der Waals surface area contributed by atoms with Crippen molar-refractivity contribution < 1.29 is 9.90 Å². The van der Waals surface area contributed by atoms with Crippen LogP contribution in [-0.4, -0.2) is 29.2 Å². The lowest BCUT2D eigenvalue weighted by Gasteiger charge is -2.14. The fraction of sp³-hybridized carbons (Fsp3) is 0.833. The zero-order valence-electron chi connectivity index (χ0n) is 5.92. The maximum absolute atomic E-state index is 10.4. The molecule has 0 aliphatic carbocycles. The van der Waals surface area contributed by atoms with Gasteiger partial charge in [-0.2, -0.15) is 0 Å². The highest BCUT2D eigenvalue weighted by molar-refractivity contribution is 5.74. The van der Waals surface area contributed by atoms with Gasteiger partial charge in [-0.05, 0) is 13.3 Å². The minimum atomic E-state index is -0.811. The monoisotopic (exact) mass is 144 g/mol. The van der Waals surface area contributed by atoms with Gasteiger partial charge in [0.25, 0.3) is 0 Å². The minimum absolute atomic E-state index is 0.344. The number of carboxylic acids is 1. The van der Waals surface area contributed by atoms with Gasteiger partial charge in [0.1, 0.15) is 6.04 Å². The Hall–Kier alpha value is -0.610. The Kier molecular flexibility index (Phi) is 1.66. The van der Waals surface area contributed by atoms with Crippen molar-refractivity contribution in [2.75, 3.05) is 6.54 Å². The summed E-state index contributed by atoms with van der Waals surface area (Å²) in [6.45, 7) is 2.44. The van der Waals surface area contributed by atoms with Gasteiger partial charge in [-0.1, -0.05) is 0 Å². The molecule has 0 aromatic rings. The summed E-state index contributed by atoms with van der Waals surface area (Å²) < 4.78 is 0. The first-order chi connectivity index (χ1) is 4.51. The molecule has 0 saturated carbocycles. The molecule has 1 saturated heterocycles. The van der Waals surface area contributed by atoms with Gasteiger partial charge in [-0.25, -0.2) is 0 Å². The molecule has 0 aromatic carbocycles. The number of aliphatic carboxylic acids is 1. The Balaban J connectivity index is 2.51. The molecule has 1 fully saturated rings. The van der Waals surface area contributed by atoms with Crippen molar-refractivity contribution in [2.45, 2.75) is 24.9 Å². The number of nitrogens with one attached hydrogen (secondary N) is 1. The molecule has 4 N–H and O–H groups in total. The largest absolute Gasteiger partial charge is 0.480 e. The lowest BCUT2D eigenvalue weighted by molar-refractivity contribution is -0.139. The third-order valence-corrected chi connectivity index (χ3v) is 1.72. The predicted molar refractivity (Wildman–Crippen MR) is 36.6 cm³/mol. The Labute approximate surface area is 59.4 Å². The molecule has 1 heterocycles. The lowest BCUT2D eigenvalue weighted by atomic mass is 10.0. The van der Waals surface area contributed by atoms with Gasteiger partial charge in [0.2, 0.25) is 0 Å². The van der Waals surface area contributed by atoms with Crippen molar-refractivity contribution in [1.82, 2.24) is 5.32 Å². The summed E-state index contributed by atoms with van der Waals surface area (Å²) in [7, 11) is 0. The molecule has 1 aliphatic rings. The summed E-state index contributed by atoms with van der Waals surface area (Å²) in [5.74, 6) is -0.811. The summed E-state index contributed by atoms with van der Waals surface area (Å²) in [5.41, 5.74) is 5.34. The van der Waals surface area contributed by atoms with E-state index in [1.165, 1.54) is 0 Å². The molecule has 0 aromatic heterocycles. The first kappa shape index (κ1) is 7.50.